The van der Waals surface area contributed by atoms with E-state index in [0.717, 1.165) is 12.0 Å². The van der Waals surface area contributed by atoms with Crippen LogP contribution in [0.25, 0.3) is 0 Å². The molecule has 2 rings (SSSR count). The molecule has 0 heterocycles. The average molecular weight is 376 g/mol. The second-order valence-electron chi connectivity index (χ2n) is 5.81. The van der Waals surface area contributed by atoms with Gasteiger partial charge in [0.1, 0.15) is 5.75 Å². The first-order valence-corrected chi connectivity index (χ1v) is 9.84. The smallest absolute Gasteiger partial charge is 0.240 e. The first-order chi connectivity index (χ1) is 12.4. The van der Waals surface area contributed by atoms with Crippen LogP contribution in [0.4, 0.5) is 0 Å². The number of carbonyl (C=O) groups is 1. The quantitative estimate of drug-likeness (QED) is 0.727. The second-order valence-corrected chi connectivity index (χ2v) is 7.58. The van der Waals surface area contributed by atoms with Crippen molar-refractivity contribution in [3.8, 4) is 5.75 Å². The Balaban J connectivity index is 1.88. The van der Waals surface area contributed by atoms with Crippen LogP contribution in [0.1, 0.15) is 12.5 Å². The van der Waals surface area contributed by atoms with Gasteiger partial charge in [0.05, 0.1) is 12.0 Å². The zero-order valence-corrected chi connectivity index (χ0v) is 15.8. The van der Waals surface area contributed by atoms with Gasteiger partial charge in [-0.1, -0.05) is 30.3 Å². The van der Waals surface area contributed by atoms with E-state index in [4.69, 9.17) is 4.74 Å². The maximum atomic E-state index is 12.3. The zero-order chi connectivity index (χ0) is 19.0. The number of nitrogens with one attached hydrogen (secondary N) is 1. The number of sulfonamides is 1. The molecule has 0 aliphatic carbocycles. The van der Waals surface area contributed by atoms with Gasteiger partial charge >= 0.3 is 0 Å². The maximum absolute atomic E-state index is 12.3. The number of methoxy groups -OCH3 is 1. The van der Waals surface area contributed by atoms with Crippen molar-refractivity contribution in [3.63, 3.8) is 0 Å². The fourth-order valence-corrected chi connectivity index (χ4v) is 3.51. The molecule has 0 aliphatic rings. The summed E-state index contributed by atoms with van der Waals surface area (Å²) < 4.78 is 32.2. The molecule has 1 amide bonds. The van der Waals surface area contributed by atoms with Crippen LogP contribution in [0.3, 0.4) is 0 Å². The molecule has 0 atom stereocenters. The highest BCUT2D eigenvalue weighted by Crippen LogP contribution is 2.15. The van der Waals surface area contributed by atoms with Gasteiger partial charge in [-0.05, 0) is 36.2 Å². The molecule has 0 saturated carbocycles. The summed E-state index contributed by atoms with van der Waals surface area (Å²) in [4.78, 5) is 13.6. The number of hydrogen-bond donors (Lipinski definition) is 1. The lowest BCUT2D eigenvalue weighted by Gasteiger charge is -2.21. The summed E-state index contributed by atoms with van der Waals surface area (Å²) in [5.41, 5.74) is 1.14. The largest absolute Gasteiger partial charge is 0.497 e. The van der Waals surface area contributed by atoms with E-state index < -0.39 is 10.0 Å². The van der Waals surface area contributed by atoms with E-state index in [1.165, 1.54) is 26.2 Å². The Bertz CT molecular complexity index is 805. The monoisotopic (exact) mass is 376 g/mol. The Kier molecular flexibility index (Phi) is 7.17. The lowest BCUT2D eigenvalue weighted by Crippen LogP contribution is -2.38. The fraction of sp³-hybridized carbons (Fsp3) is 0.316. The number of nitrogens with zero attached hydrogens (tertiary/aromatic N) is 1. The molecule has 0 aliphatic heterocycles. The maximum Gasteiger partial charge on any atom is 0.240 e. The molecule has 2 aromatic carbocycles. The lowest BCUT2D eigenvalue weighted by atomic mass is 10.1. The van der Waals surface area contributed by atoms with E-state index >= 15 is 0 Å². The van der Waals surface area contributed by atoms with Crippen LogP contribution >= 0.6 is 0 Å². The van der Waals surface area contributed by atoms with E-state index in [0.29, 0.717) is 18.8 Å². The first kappa shape index (κ1) is 19.9. The number of amides is 1. The van der Waals surface area contributed by atoms with Crippen LogP contribution in [0.2, 0.25) is 0 Å². The number of rotatable bonds is 9. The molecular formula is C19H24N2O4S. The first-order valence-electron chi connectivity index (χ1n) is 8.35. The Morgan fingerprint density at radius 1 is 1.04 bits per heavy atom. The highest BCUT2D eigenvalue weighted by molar-refractivity contribution is 7.89. The zero-order valence-electron chi connectivity index (χ0n) is 15.0. The topological polar surface area (TPSA) is 75.7 Å². The molecule has 0 fully saturated rings. The predicted octanol–water partition coefficient (Wildman–Crippen LogP) is 2.06. The molecule has 6 nitrogen and oxygen atoms in total. The minimum absolute atomic E-state index is 0.0791. The number of hydrogen-bond acceptors (Lipinski definition) is 4. The van der Waals surface area contributed by atoms with Crippen LogP contribution in [0, 0.1) is 0 Å². The van der Waals surface area contributed by atoms with E-state index in [9.17, 15) is 13.2 Å². The second kappa shape index (κ2) is 9.35. The van der Waals surface area contributed by atoms with Gasteiger partial charge in [0, 0.05) is 26.6 Å². The van der Waals surface area contributed by atoms with Gasteiger partial charge in [-0.2, -0.15) is 0 Å². The van der Waals surface area contributed by atoms with Gasteiger partial charge in [0.2, 0.25) is 15.9 Å². The molecule has 1 N–H and O–H groups in total. The van der Waals surface area contributed by atoms with Crippen LogP contribution < -0.4 is 9.46 Å². The Morgan fingerprint density at radius 3 is 2.27 bits per heavy atom. The van der Waals surface area contributed by atoms with Gasteiger partial charge in [0.25, 0.3) is 0 Å². The summed E-state index contributed by atoms with van der Waals surface area (Å²) in [6.07, 6.45) is 0.728. The van der Waals surface area contributed by atoms with E-state index in [-0.39, 0.29) is 17.3 Å². The summed E-state index contributed by atoms with van der Waals surface area (Å²) in [7, 11) is -2.10. The third-order valence-electron chi connectivity index (χ3n) is 4.00. The summed E-state index contributed by atoms with van der Waals surface area (Å²) in [5.74, 6) is 0.511. The molecule has 0 unspecified atom stereocenters. The van der Waals surface area contributed by atoms with Crippen molar-refractivity contribution in [2.24, 2.45) is 0 Å². The van der Waals surface area contributed by atoms with Gasteiger partial charge in [-0.15, -0.1) is 0 Å². The minimum atomic E-state index is -3.62. The molecule has 140 valence electrons. The van der Waals surface area contributed by atoms with Gasteiger partial charge in [-0.25, -0.2) is 13.1 Å². The van der Waals surface area contributed by atoms with Crippen molar-refractivity contribution in [3.05, 3.63) is 60.2 Å². The fourth-order valence-electron chi connectivity index (χ4n) is 2.49. The van der Waals surface area contributed by atoms with Crippen molar-refractivity contribution < 1.29 is 17.9 Å². The molecule has 26 heavy (non-hydrogen) atoms. The number of benzene rings is 2. The van der Waals surface area contributed by atoms with Crippen LogP contribution in [-0.2, 0) is 21.2 Å². The minimum Gasteiger partial charge on any atom is -0.497 e. The SMILES string of the molecule is COc1ccc(S(=O)(=O)NCCN(CCc2ccccc2)C(C)=O)cc1. The molecule has 0 aromatic heterocycles. The average Bonchev–Trinajstić information content (AvgIpc) is 2.65. The van der Waals surface area contributed by atoms with Gasteiger partial charge in [0.15, 0.2) is 0 Å². The highest BCUT2D eigenvalue weighted by Gasteiger charge is 2.15. The third kappa shape index (κ3) is 5.86. The molecule has 0 radical (unpaired) electrons. The normalized spacial score (nSPS) is 11.2. The molecule has 2 aromatic rings. The van der Waals surface area contributed by atoms with Crippen LogP contribution in [0.15, 0.2) is 59.5 Å². The van der Waals surface area contributed by atoms with Crippen molar-refractivity contribution in [1.82, 2.24) is 9.62 Å². The predicted molar refractivity (Wildman–Crippen MR) is 101 cm³/mol. The van der Waals surface area contributed by atoms with Crippen molar-refractivity contribution in [2.75, 3.05) is 26.7 Å². The summed E-state index contributed by atoms with van der Waals surface area (Å²) in [6, 6.07) is 16.0. The van der Waals surface area contributed by atoms with E-state index in [1.807, 2.05) is 30.3 Å². The molecule has 0 spiro atoms. The number of ether oxygens (including phenoxy) is 1. The van der Waals surface area contributed by atoms with E-state index in [2.05, 4.69) is 4.72 Å². The molecule has 0 saturated heterocycles. The van der Waals surface area contributed by atoms with E-state index in [1.54, 1.807) is 17.0 Å². The van der Waals surface area contributed by atoms with Crippen molar-refractivity contribution >= 4 is 15.9 Å². The Labute approximate surface area is 154 Å². The molecular weight excluding hydrogens is 352 g/mol. The Morgan fingerprint density at radius 2 is 1.69 bits per heavy atom. The summed E-state index contributed by atoms with van der Waals surface area (Å²) in [5, 5.41) is 0. The highest BCUT2D eigenvalue weighted by atomic mass is 32.2. The third-order valence-corrected chi connectivity index (χ3v) is 5.48. The van der Waals surface area contributed by atoms with Crippen LogP contribution in [-0.4, -0.2) is 46.0 Å². The van der Waals surface area contributed by atoms with Crippen molar-refractivity contribution in [1.29, 1.82) is 0 Å². The summed E-state index contributed by atoms with van der Waals surface area (Å²) >= 11 is 0. The lowest BCUT2D eigenvalue weighted by molar-refractivity contribution is -0.128. The molecule has 7 heteroatoms. The van der Waals surface area contributed by atoms with Gasteiger partial charge in [-0.3, -0.25) is 4.79 Å². The standard InChI is InChI=1S/C19H24N2O4S/c1-16(22)21(14-12-17-6-4-3-5-7-17)15-13-20-26(23,24)19-10-8-18(25-2)9-11-19/h3-11,20H,12-15H2,1-2H3. The summed E-state index contributed by atoms with van der Waals surface area (Å²) in [6.45, 7) is 2.51. The van der Waals surface area contributed by atoms with Crippen LogP contribution in [0.5, 0.6) is 5.75 Å². The Hall–Kier alpha value is -2.38. The van der Waals surface area contributed by atoms with Gasteiger partial charge < -0.3 is 9.64 Å². The van der Waals surface area contributed by atoms with Crippen molar-refractivity contribution in [2.45, 2.75) is 18.2 Å². The number of carbonyl (C=O) groups excluding carboxylic acids is 1. The molecule has 0 bridgehead atoms.